The van der Waals surface area contributed by atoms with Gasteiger partial charge in [0, 0.05) is 18.7 Å². The van der Waals surface area contributed by atoms with Crippen LogP contribution in [0.25, 0.3) is 0 Å². The Bertz CT molecular complexity index is 282. The molecule has 0 aliphatic carbocycles. The number of hydrogen-bond acceptors (Lipinski definition) is 3. The first-order valence-corrected chi connectivity index (χ1v) is 6.11. The molecule has 1 aromatic rings. The van der Waals surface area contributed by atoms with Gasteiger partial charge in [0.25, 0.3) is 0 Å². The second-order valence-electron chi connectivity index (χ2n) is 4.34. The number of rotatable bonds is 7. The van der Waals surface area contributed by atoms with E-state index in [2.05, 4.69) is 23.9 Å². The van der Waals surface area contributed by atoms with Crippen molar-refractivity contribution in [3.05, 3.63) is 24.0 Å². The summed E-state index contributed by atoms with van der Waals surface area (Å²) in [5.74, 6) is 0. The third-order valence-electron chi connectivity index (χ3n) is 2.74. The number of hydrogen-bond donors (Lipinski definition) is 1. The molecule has 0 saturated carbocycles. The number of aromatic nitrogens is 1. The van der Waals surface area contributed by atoms with E-state index in [1.807, 2.05) is 12.1 Å². The van der Waals surface area contributed by atoms with Crippen molar-refractivity contribution in [2.45, 2.75) is 32.6 Å². The lowest BCUT2D eigenvalue weighted by Gasteiger charge is -2.15. The molecule has 1 aromatic heterocycles. The Morgan fingerprint density at radius 1 is 1.25 bits per heavy atom. The predicted octanol–water partition coefficient (Wildman–Crippen LogP) is 2.33. The molecule has 1 heterocycles. The van der Waals surface area contributed by atoms with Crippen molar-refractivity contribution in [1.29, 1.82) is 0 Å². The summed E-state index contributed by atoms with van der Waals surface area (Å²) in [6.45, 7) is 4.49. The molecule has 90 valence electrons. The van der Waals surface area contributed by atoms with Crippen molar-refractivity contribution >= 4 is 5.69 Å². The lowest BCUT2D eigenvalue weighted by Crippen LogP contribution is -2.22. The van der Waals surface area contributed by atoms with E-state index in [9.17, 15) is 0 Å². The first-order chi connectivity index (χ1) is 7.72. The normalized spacial score (nSPS) is 10.9. The second-order valence-corrected chi connectivity index (χ2v) is 4.34. The van der Waals surface area contributed by atoms with Gasteiger partial charge in [-0.15, -0.1) is 0 Å². The number of anilines is 1. The van der Waals surface area contributed by atoms with E-state index in [1.54, 1.807) is 6.20 Å². The monoisotopic (exact) mass is 221 g/mol. The Morgan fingerprint density at radius 3 is 2.69 bits per heavy atom. The van der Waals surface area contributed by atoms with Gasteiger partial charge in [-0.25, -0.2) is 0 Å². The van der Waals surface area contributed by atoms with Gasteiger partial charge in [0.1, 0.15) is 0 Å². The molecule has 3 heteroatoms. The third kappa shape index (κ3) is 5.12. The van der Waals surface area contributed by atoms with Crippen LogP contribution >= 0.6 is 0 Å². The van der Waals surface area contributed by atoms with E-state index in [0.717, 1.165) is 24.3 Å². The molecule has 0 spiro atoms. The molecule has 0 aliphatic rings. The van der Waals surface area contributed by atoms with Gasteiger partial charge in [0.2, 0.25) is 0 Å². The molecule has 16 heavy (non-hydrogen) atoms. The molecular formula is C13H23N3. The molecule has 0 amide bonds. The number of pyridine rings is 1. The summed E-state index contributed by atoms with van der Waals surface area (Å²) in [6, 6.07) is 3.93. The van der Waals surface area contributed by atoms with Gasteiger partial charge in [-0.1, -0.05) is 19.8 Å². The van der Waals surface area contributed by atoms with E-state index in [4.69, 9.17) is 5.73 Å². The predicted molar refractivity (Wildman–Crippen MR) is 69.4 cm³/mol. The molecule has 0 aliphatic heterocycles. The molecule has 0 radical (unpaired) electrons. The van der Waals surface area contributed by atoms with Crippen LogP contribution in [0.2, 0.25) is 0 Å². The minimum Gasteiger partial charge on any atom is -0.397 e. The number of unbranched alkanes of at least 4 members (excludes halogenated alkanes) is 2. The average molecular weight is 221 g/mol. The fourth-order valence-electron chi connectivity index (χ4n) is 1.63. The lowest BCUT2D eigenvalue weighted by atomic mass is 10.2. The van der Waals surface area contributed by atoms with Crippen LogP contribution in [0.3, 0.4) is 0 Å². The maximum absolute atomic E-state index is 5.59. The summed E-state index contributed by atoms with van der Waals surface area (Å²) in [7, 11) is 2.17. The highest BCUT2D eigenvalue weighted by atomic mass is 15.1. The second kappa shape index (κ2) is 7.23. The summed E-state index contributed by atoms with van der Waals surface area (Å²) in [4.78, 5) is 6.66. The quantitative estimate of drug-likeness (QED) is 0.719. The molecule has 2 N–H and O–H groups in total. The molecule has 1 rings (SSSR count). The van der Waals surface area contributed by atoms with Crippen LogP contribution in [0.5, 0.6) is 0 Å². The first-order valence-electron chi connectivity index (χ1n) is 6.11. The largest absolute Gasteiger partial charge is 0.397 e. The summed E-state index contributed by atoms with van der Waals surface area (Å²) >= 11 is 0. The van der Waals surface area contributed by atoms with Crippen molar-refractivity contribution < 1.29 is 0 Å². The summed E-state index contributed by atoms with van der Waals surface area (Å²) in [5.41, 5.74) is 7.45. The molecule has 0 atom stereocenters. The summed E-state index contributed by atoms with van der Waals surface area (Å²) in [5, 5.41) is 0. The van der Waals surface area contributed by atoms with E-state index in [-0.39, 0.29) is 0 Å². The van der Waals surface area contributed by atoms with Gasteiger partial charge in [0.05, 0.1) is 11.9 Å². The van der Waals surface area contributed by atoms with Crippen LogP contribution in [-0.4, -0.2) is 30.0 Å². The Labute approximate surface area is 98.7 Å². The standard InChI is InChI=1S/C13H23N3/c1-3-4-5-9-16(2)10-8-13-7-6-12(14)11-15-13/h6-7,11H,3-5,8-10,14H2,1-2H3. The molecule has 0 saturated heterocycles. The average Bonchev–Trinajstić information content (AvgIpc) is 2.29. The number of nitrogen functional groups attached to an aromatic ring is 1. The van der Waals surface area contributed by atoms with E-state index in [0.29, 0.717) is 0 Å². The van der Waals surface area contributed by atoms with Gasteiger partial charge in [0.15, 0.2) is 0 Å². The Hall–Kier alpha value is -1.09. The van der Waals surface area contributed by atoms with Gasteiger partial charge < -0.3 is 10.6 Å². The van der Waals surface area contributed by atoms with Crippen LogP contribution in [0, 0.1) is 0 Å². The summed E-state index contributed by atoms with van der Waals surface area (Å²) in [6.07, 6.45) is 6.63. The zero-order chi connectivity index (χ0) is 11.8. The number of likely N-dealkylation sites (N-methyl/N-ethyl adjacent to an activating group) is 1. The smallest absolute Gasteiger partial charge is 0.0501 e. The van der Waals surface area contributed by atoms with Gasteiger partial charge >= 0.3 is 0 Å². The van der Waals surface area contributed by atoms with Crippen molar-refractivity contribution in [2.75, 3.05) is 25.9 Å². The number of nitrogens with zero attached hydrogens (tertiary/aromatic N) is 2. The van der Waals surface area contributed by atoms with Crippen LogP contribution in [0.1, 0.15) is 31.9 Å². The van der Waals surface area contributed by atoms with E-state index < -0.39 is 0 Å². The Morgan fingerprint density at radius 2 is 2.06 bits per heavy atom. The Balaban J connectivity index is 2.20. The van der Waals surface area contributed by atoms with Crippen LogP contribution in [0.4, 0.5) is 5.69 Å². The topological polar surface area (TPSA) is 42.1 Å². The molecule has 0 aromatic carbocycles. The van der Waals surface area contributed by atoms with Gasteiger partial charge in [-0.3, -0.25) is 4.98 Å². The van der Waals surface area contributed by atoms with Crippen molar-refractivity contribution in [3.63, 3.8) is 0 Å². The zero-order valence-electron chi connectivity index (χ0n) is 10.4. The van der Waals surface area contributed by atoms with Crippen molar-refractivity contribution in [3.8, 4) is 0 Å². The molecule has 0 bridgehead atoms. The lowest BCUT2D eigenvalue weighted by molar-refractivity contribution is 0.328. The SMILES string of the molecule is CCCCCN(C)CCc1ccc(N)cn1. The minimum atomic E-state index is 0.736. The van der Waals surface area contributed by atoms with Crippen LogP contribution in [-0.2, 0) is 6.42 Å². The highest BCUT2D eigenvalue weighted by Crippen LogP contribution is 2.03. The molecule has 3 nitrogen and oxygen atoms in total. The van der Waals surface area contributed by atoms with Crippen molar-refractivity contribution in [2.24, 2.45) is 0 Å². The van der Waals surface area contributed by atoms with Crippen LogP contribution < -0.4 is 5.73 Å². The van der Waals surface area contributed by atoms with Gasteiger partial charge in [-0.2, -0.15) is 0 Å². The zero-order valence-corrected chi connectivity index (χ0v) is 10.4. The molecule has 0 fully saturated rings. The van der Waals surface area contributed by atoms with Crippen LogP contribution in [0.15, 0.2) is 18.3 Å². The highest BCUT2D eigenvalue weighted by Gasteiger charge is 2.00. The first kappa shape index (κ1) is 13.0. The van der Waals surface area contributed by atoms with Gasteiger partial charge in [-0.05, 0) is 32.1 Å². The van der Waals surface area contributed by atoms with E-state index >= 15 is 0 Å². The molecule has 0 unspecified atom stereocenters. The Kier molecular flexibility index (Phi) is 5.86. The maximum Gasteiger partial charge on any atom is 0.0501 e. The minimum absolute atomic E-state index is 0.736. The maximum atomic E-state index is 5.59. The fourth-order valence-corrected chi connectivity index (χ4v) is 1.63. The van der Waals surface area contributed by atoms with E-state index in [1.165, 1.54) is 25.8 Å². The van der Waals surface area contributed by atoms with Crippen molar-refractivity contribution in [1.82, 2.24) is 9.88 Å². The third-order valence-corrected chi connectivity index (χ3v) is 2.74. The summed E-state index contributed by atoms with van der Waals surface area (Å²) < 4.78 is 0. The molecular weight excluding hydrogens is 198 g/mol. The number of nitrogens with two attached hydrogens (primary N) is 1. The fraction of sp³-hybridized carbons (Fsp3) is 0.615. The highest BCUT2D eigenvalue weighted by molar-refractivity contribution is 5.34.